The smallest absolute Gasteiger partial charge is 0.460 e. The van der Waals surface area contributed by atoms with Crippen LogP contribution in [-0.2, 0) is 75.1 Å². The second-order valence-corrected chi connectivity index (χ2v) is 26.6. The fourth-order valence-corrected chi connectivity index (χ4v) is 7.67. The van der Waals surface area contributed by atoms with Gasteiger partial charge in [-0.05, 0) is 66.5 Å². The molecule has 16 nitrogen and oxygen atoms in total. The number of Topliss-reactive ketones (excluding diaryl/α,β-unsaturated/α-hetero) is 3. The molecular formula is C54H76Cl6O16. The lowest BCUT2D eigenvalue weighted by atomic mass is 9.73. The van der Waals surface area contributed by atoms with E-state index in [1.807, 2.05) is 60.7 Å². The molecule has 1 N–H and O–H groups in total. The van der Waals surface area contributed by atoms with Crippen LogP contribution in [-0.4, -0.2) is 110 Å². The van der Waals surface area contributed by atoms with Gasteiger partial charge in [-0.1, -0.05) is 172 Å². The Morgan fingerprint density at radius 1 is 0.526 bits per heavy atom. The molecule has 22 heteroatoms. The Morgan fingerprint density at radius 3 is 1.24 bits per heavy atom. The van der Waals surface area contributed by atoms with Crippen LogP contribution in [0.25, 0.3) is 0 Å². The average molecular weight is 1190 g/mol. The predicted molar refractivity (Wildman–Crippen MR) is 291 cm³/mol. The molecule has 0 fully saturated rings. The Morgan fingerprint density at radius 2 is 0.882 bits per heavy atom. The molecule has 7 atom stereocenters. The minimum Gasteiger partial charge on any atom is -0.460 e. The average Bonchev–Trinajstić information content (AvgIpc) is 3.29. The van der Waals surface area contributed by atoms with Gasteiger partial charge in [-0.3, -0.25) is 24.0 Å². The molecule has 430 valence electrons. The molecule has 76 heavy (non-hydrogen) atoms. The first kappa shape index (κ1) is 70.6. The first-order chi connectivity index (χ1) is 34.7. The van der Waals surface area contributed by atoms with Gasteiger partial charge in [0.2, 0.25) is 7.59 Å². The van der Waals surface area contributed by atoms with Crippen molar-refractivity contribution >= 4 is 111 Å². The van der Waals surface area contributed by atoms with Crippen LogP contribution in [0.2, 0.25) is 0 Å². The number of aliphatic hydroxyl groups excluding tert-OH is 1. The second-order valence-electron chi connectivity index (χ2n) is 21.6. The monoisotopic (exact) mass is 1190 g/mol. The Balaban J connectivity index is 0.000000760. The van der Waals surface area contributed by atoms with Crippen LogP contribution in [0.15, 0.2) is 60.7 Å². The predicted octanol–water partition coefficient (Wildman–Crippen LogP) is 12.3. The largest absolute Gasteiger partial charge is 0.508 e. The van der Waals surface area contributed by atoms with Gasteiger partial charge < -0.3 is 43.0 Å². The van der Waals surface area contributed by atoms with Gasteiger partial charge in [0.05, 0.1) is 61.6 Å². The summed E-state index contributed by atoms with van der Waals surface area (Å²) in [6.07, 6.45) is -6.61. The van der Waals surface area contributed by atoms with E-state index in [1.165, 1.54) is 34.6 Å². The van der Waals surface area contributed by atoms with Crippen LogP contribution < -0.4 is 0 Å². The molecule has 0 saturated heterocycles. The van der Waals surface area contributed by atoms with Crippen LogP contribution in [0, 0.1) is 34.5 Å². The van der Waals surface area contributed by atoms with Gasteiger partial charge in [0.25, 0.3) is 0 Å². The highest BCUT2D eigenvalue weighted by molar-refractivity contribution is 6.68. The van der Waals surface area contributed by atoms with Gasteiger partial charge in [-0.25, -0.2) is 9.59 Å². The molecule has 0 saturated carbocycles. The van der Waals surface area contributed by atoms with E-state index >= 15 is 0 Å². The van der Waals surface area contributed by atoms with Gasteiger partial charge in [0.15, 0.2) is 11.6 Å². The van der Waals surface area contributed by atoms with E-state index in [1.54, 1.807) is 62.3 Å². The summed E-state index contributed by atoms with van der Waals surface area (Å²) in [6, 6.07) is 18.9. The first-order valence-corrected chi connectivity index (χ1v) is 26.7. The molecule has 0 aliphatic carbocycles. The highest BCUT2D eigenvalue weighted by Gasteiger charge is 2.46. The standard InChI is InChI=1S/C27H39Cl3O8.C27H37Cl3O8/c2*1-17(14-35-15-19-11-9-8-10-12-19)22(37-24(34)36-16-27(28,29)30)18(2)23(33)26(6,7)20(31)13-21(32)38-25(3,4)5/h8-12,17-18,20,22,31H,13-16H2,1-7H3;8-12,17-18,22H,13-16H2,1-7H3/t17-,18+,20?,22-;17-,18+,22-/m00/s1. The summed E-state index contributed by atoms with van der Waals surface area (Å²) in [5, 5.41) is 10.8. The second kappa shape index (κ2) is 31.4. The summed E-state index contributed by atoms with van der Waals surface area (Å²) < 4.78 is 39.1. The summed E-state index contributed by atoms with van der Waals surface area (Å²) in [6.45, 7) is 22.4. The highest BCUT2D eigenvalue weighted by Crippen LogP contribution is 2.34. The zero-order valence-corrected chi connectivity index (χ0v) is 50.3. The number of aliphatic hydroxyl groups is 1. The molecular weight excluding hydrogens is 1120 g/mol. The Kier molecular flexibility index (Phi) is 29.1. The van der Waals surface area contributed by atoms with Gasteiger partial charge in [-0.2, -0.15) is 0 Å². The Hall–Kier alpha value is -3.45. The number of halogens is 6. The van der Waals surface area contributed by atoms with Crippen LogP contribution >= 0.6 is 69.6 Å². The summed E-state index contributed by atoms with van der Waals surface area (Å²) in [4.78, 5) is 89.3. The van der Waals surface area contributed by atoms with Crippen molar-refractivity contribution in [3.05, 3.63) is 71.8 Å². The maximum atomic E-state index is 13.6. The van der Waals surface area contributed by atoms with Crippen LogP contribution in [0.4, 0.5) is 9.59 Å². The lowest BCUT2D eigenvalue weighted by molar-refractivity contribution is -0.161. The lowest BCUT2D eigenvalue weighted by Crippen LogP contribution is -2.47. The van der Waals surface area contributed by atoms with Gasteiger partial charge in [0.1, 0.15) is 48.8 Å². The first-order valence-electron chi connectivity index (χ1n) is 24.4. The van der Waals surface area contributed by atoms with E-state index in [2.05, 4.69) is 0 Å². The number of hydrogen-bond donors (Lipinski definition) is 1. The fraction of sp³-hybridized carbons (Fsp3) is 0.648. The number of rotatable bonds is 26. The van der Waals surface area contributed by atoms with Crippen LogP contribution in [0.3, 0.4) is 0 Å². The molecule has 2 rings (SSSR count). The molecule has 0 amide bonds. The van der Waals surface area contributed by atoms with Crippen molar-refractivity contribution in [3.63, 3.8) is 0 Å². The number of esters is 2. The van der Waals surface area contributed by atoms with Crippen LogP contribution in [0.1, 0.15) is 121 Å². The van der Waals surface area contributed by atoms with Crippen molar-refractivity contribution < 1.29 is 76.6 Å². The molecule has 0 heterocycles. The molecule has 1 unspecified atom stereocenters. The molecule has 0 aliphatic rings. The number of carbonyl (C=O) groups excluding carboxylic acids is 7. The van der Waals surface area contributed by atoms with E-state index in [4.69, 9.17) is 108 Å². The van der Waals surface area contributed by atoms with Crippen molar-refractivity contribution in [1.82, 2.24) is 0 Å². The van der Waals surface area contributed by atoms with Crippen molar-refractivity contribution in [3.8, 4) is 0 Å². The third kappa shape index (κ3) is 27.9. The zero-order valence-electron chi connectivity index (χ0n) is 45.8. The molecule has 0 aromatic heterocycles. The minimum absolute atomic E-state index is 0.126. The number of ketones is 3. The van der Waals surface area contributed by atoms with Crippen molar-refractivity contribution in [1.29, 1.82) is 0 Å². The minimum atomic E-state index is -1.85. The summed E-state index contributed by atoms with van der Waals surface area (Å²) >= 11 is 33.9. The quantitative estimate of drug-likeness (QED) is 0.0401. The number of hydrogen-bond acceptors (Lipinski definition) is 16. The molecule has 2 aromatic rings. The summed E-state index contributed by atoms with van der Waals surface area (Å²) in [5.41, 5.74) is -2.56. The van der Waals surface area contributed by atoms with Crippen molar-refractivity contribution in [2.45, 2.75) is 160 Å². The summed E-state index contributed by atoms with van der Waals surface area (Å²) in [5.74, 6) is -5.77. The topological polar surface area (TPSA) is 214 Å². The number of carbonyl (C=O) groups is 7. The third-order valence-corrected chi connectivity index (χ3v) is 12.0. The molecule has 0 bridgehead atoms. The molecule has 0 aliphatic heterocycles. The van der Waals surface area contributed by atoms with Gasteiger partial charge in [0, 0.05) is 11.8 Å². The van der Waals surface area contributed by atoms with Gasteiger partial charge in [-0.15, -0.1) is 0 Å². The maximum absolute atomic E-state index is 13.6. The van der Waals surface area contributed by atoms with Crippen molar-refractivity contribution in [2.75, 3.05) is 26.4 Å². The number of benzene rings is 2. The molecule has 0 radical (unpaired) electrons. The Bertz CT molecular complexity index is 2170. The lowest BCUT2D eigenvalue weighted by Gasteiger charge is -2.35. The zero-order chi connectivity index (χ0) is 58.6. The van der Waals surface area contributed by atoms with Crippen molar-refractivity contribution in [2.24, 2.45) is 34.5 Å². The number of alkyl halides is 6. The fourth-order valence-electron chi connectivity index (χ4n) is 7.34. The third-order valence-electron chi connectivity index (χ3n) is 11.4. The normalized spacial score (nSPS) is 15.2. The van der Waals surface area contributed by atoms with Gasteiger partial charge >= 0.3 is 24.2 Å². The van der Waals surface area contributed by atoms with Crippen LogP contribution in [0.5, 0.6) is 0 Å². The maximum Gasteiger partial charge on any atom is 0.508 e. The number of ether oxygens (including phenoxy) is 8. The molecule has 2 aromatic carbocycles. The van der Waals surface area contributed by atoms with E-state index < -0.39 is 133 Å². The van der Waals surface area contributed by atoms with E-state index in [9.17, 15) is 38.7 Å². The highest BCUT2D eigenvalue weighted by atomic mass is 35.6. The molecule has 0 spiro atoms. The summed E-state index contributed by atoms with van der Waals surface area (Å²) in [7, 11) is 0. The van der Waals surface area contributed by atoms with E-state index in [0.29, 0.717) is 13.2 Å². The van der Waals surface area contributed by atoms with E-state index in [-0.39, 0.29) is 19.6 Å². The van der Waals surface area contributed by atoms with E-state index in [0.717, 1.165) is 11.1 Å². The Labute approximate surface area is 477 Å². The SMILES string of the molecule is C[C@@H](COCc1ccccc1)[C@H](OC(=O)OCC(Cl)(Cl)Cl)[C@@H](C)C(=O)C(C)(C)C(=O)CC(=O)OC(C)(C)C.C[C@@H](COCc1ccccc1)[C@H](OC(=O)OCC(Cl)(Cl)Cl)[C@@H](C)C(=O)C(C)(C)C(O)CC(=O)OC(C)(C)C.